The minimum Gasteiger partial charge on any atom is -0.398 e. The first-order valence-electron chi connectivity index (χ1n) is 5.34. The Bertz CT molecular complexity index is 649. The van der Waals surface area contributed by atoms with Crippen molar-refractivity contribution in [3.63, 3.8) is 0 Å². The SMILES string of the molecule is Nc1cc(Br)ccc1CS(=O)c1cc(Cl)ccc1Cl. The van der Waals surface area contributed by atoms with Crippen molar-refractivity contribution in [2.24, 2.45) is 0 Å². The Morgan fingerprint density at radius 1 is 1.16 bits per heavy atom. The van der Waals surface area contributed by atoms with Gasteiger partial charge in [0.15, 0.2) is 0 Å². The van der Waals surface area contributed by atoms with Crippen molar-refractivity contribution in [1.29, 1.82) is 0 Å². The summed E-state index contributed by atoms with van der Waals surface area (Å²) < 4.78 is 13.2. The molecular weight excluding hydrogens is 369 g/mol. The second-order valence-corrected chi connectivity index (χ2v) is 7.09. The van der Waals surface area contributed by atoms with E-state index in [-0.39, 0.29) is 0 Å². The minimum absolute atomic E-state index is 0.305. The summed E-state index contributed by atoms with van der Waals surface area (Å²) in [7, 11) is -1.28. The minimum atomic E-state index is -1.28. The predicted molar refractivity (Wildman–Crippen MR) is 85.1 cm³/mol. The summed E-state index contributed by atoms with van der Waals surface area (Å²) in [6, 6.07) is 10.4. The zero-order valence-corrected chi connectivity index (χ0v) is 13.6. The number of benzene rings is 2. The van der Waals surface area contributed by atoms with Crippen LogP contribution in [0.15, 0.2) is 45.8 Å². The monoisotopic (exact) mass is 377 g/mol. The summed E-state index contributed by atoms with van der Waals surface area (Å²) in [5, 5.41) is 0.954. The lowest BCUT2D eigenvalue weighted by Crippen LogP contribution is -2.01. The lowest BCUT2D eigenvalue weighted by Gasteiger charge is -2.08. The van der Waals surface area contributed by atoms with Gasteiger partial charge in [0.1, 0.15) is 0 Å². The van der Waals surface area contributed by atoms with E-state index < -0.39 is 10.8 Å². The second kappa shape index (κ2) is 6.27. The molecule has 6 heteroatoms. The maximum atomic E-state index is 12.3. The first-order valence-corrected chi connectivity index (χ1v) is 8.21. The number of nitrogen functional groups attached to an aromatic ring is 1. The molecule has 1 unspecified atom stereocenters. The van der Waals surface area contributed by atoms with Crippen LogP contribution in [0.3, 0.4) is 0 Å². The van der Waals surface area contributed by atoms with Crippen molar-refractivity contribution in [3.8, 4) is 0 Å². The Labute approximate surface area is 132 Å². The van der Waals surface area contributed by atoms with Gasteiger partial charge in [0.25, 0.3) is 0 Å². The second-order valence-electron chi connectivity index (χ2n) is 3.91. The molecule has 0 spiro atoms. The highest BCUT2D eigenvalue weighted by atomic mass is 79.9. The van der Waals surface area contributed by atoms with Gasteiger partial charge < -0.3 is 5.73 Å². The largest absolute Gasteiger partial charge is 0.398 e. The van der Waals surface area contributed by atoms with E-state index in [1.165, 1.54) is 0 Å². The van der Waals surface area contributed by atoms with Crippen molar-refractivity contribution in [1.82, 2.24) is 0 Å². The molecule has 0 bridgehead atoms. The standard InChI is InChI=1S/C13H10BrCl2NOS/c14-9-2-1-8(12(17)5-9)7-19(18)13-6-10(15)3-4-11(13)16/h1-6H,7,17H2. The lowest BCUT2D eigenvalue weighted by molar-refractivity contribution is 0.682. The highest BCUT2D eigenvalue weighted by Crippen LogP contribution is 2.27. The average molecular weight is 379 g/mol. The van der Waals surface area contributed by atoms with Crippen LogP contribution >= 0.6 is 39.1 Å². The molecule has 0 radical (unpaired) electrons. The molecule has 0 saturated carbocycles. The fourth-order valence-electron chi connectivity index (χ4n) is 1.57. The first kappa shape index (κ1) is 14.9. The fraction of sp³-hybridized carbons (Fsp3) is 0.0769. The summed E-state index contributed by atoms with van der Waals surface area (Å²) in [5.74, 6) is 0.305. The zero-order chi connectivity index (χ0) is 14.0. The Morgan fingerprint density at radius 2 is 1.89 bits per heavy atom. The molecule has 0 aliphatic heterocycles. The smallest absolute Gasteiger partial charge is 0.0592 e. The molecule has 100 valence electrons. The third kappa shape index (κ3) is 3.72. The molecule has 0 aromatic heterocycles. The van der Waals surface area contributed by atoms with E-state index in [0.29, 0.717) is 26.4 Å². The molecule has 2 N–H and O–H groups in total. The quantitative estimate of drug-likeness (QED) is 0.790. The van der Waals surface area contributed by atoms with Crippen molar-refractivity contribution >= 4 is 55.6 Å². The van der Waals surface area contributed by atoms with Gasteiger partial charge >= 0.3 is 0 Å². The summed E-state index contributed by atoms with van der Waals surface area (Å²) >= 11 is 15.3. The Kier molecular flexibility index (Phi) is 4.90. The van der Waals surface area contributed by atoms with E-state index in [1.807, 2.05) is 12.1 Å². The van der Waals surface area contributed by atoms with E-state index in [1.54, 1.807) is 24.3 Å². The van der Waals surface area contributed by atoms with Crippen molar-refractivity contribution in [3.05, 3.63) is 56.5 Å². The van der Waals surface area contributed by atoms with Gasteiger partial charge in [0.05, 0.1) is 26.5 Å². The average Bonchev–Trinajstić information content (AvgIpc) is 2.35. The van der Waals surface area contributed by atoms with E-state index in [9.17, 15) is 4.21 Å². The van der Waals surface area contributed by atoms with Crippen LogP contribution < -0.4 is 5.73 Å². The van der Waals surface area contributed by atoms with E-state index in [2.05, 4.69) is 15.9 Å². The fourth-order valence-corrected chi connectivity index (χ4v) is 3.80. The third-order valence-corrected chi connectivity index (χ3v) is 5.10. The van der Waals surface area contributed by atoms with Gasteiger partial charge in [-0.05, 0) is 35.9 Å². The van der Waals surface area contributed by atoms with Gasteiger partial charge in [-0.25, -0.2) is 0 Å². The molecule has 0 heterocycles. The lowest BCUT2D eigenvalue weighted by atomic mass is 10.2. The van der Waals surface area contributed by atoms with Crippen molar-refractivity contribution in [2.45, 2.75) is 10.6 Å². The molecule has 1 atom stereocenters. The van der Waals surface area contributed by atoms with Crippen LogP contribution in [0.25, 0.3) is 0 Å². The molecule has 0 fully saturated rings. The molecule has 2 aromatic carbocycles. The van der Waals surface area contributed by atoms with Gasteiger partial charge in [-0.1, -0.05) is 45.2 Å². The summed E-state index contributed by atoms with van der Waals surface area (Å²) in [5.41, 5.74) is 7.31. The number of anilines is 1. The number of halogens is 3. The van der Waals surface area contributed by atoms with Gasteiger partial charge in [-0.3, -0.25) is 4.21 Å². The van der Waals surface area contributed by atoms with Gasteiger partial charge in [-0.2, -0.15) is 0 Å². The maximum Gasteiger partial charge on any atom is 0.0592 e. The van der Waals surface area contributed by atoms with E-state index >= 15 is 0 Å². The molecule has 0 saturated heterocycles. The summed E-state index contributed by atoms with van der Waals surface area (Å²) in [6.07, 6.45) is 0. The third-order valence-electron chi connectivity index (χ3n) is 2.53. The molecule has 0 amide bonds. The topological polar surface area (TPSA) is 43.1 Å². The molecule has 0 aliphatic rings. The summed E-state index contributed by atoms with van der Waals surface area (Å²) in [4.78, 5) is 0.525. The van der Waals surface area contributed by atoms with E-state index in [4.69, 9.17) is 28.9 Å². The van der Waals surface area contributed by atoms with E-state index in [0.717, 1.165) is 10.0 Å². The molecule has 2 rings (SSSR count). The van der Waals surface area contributed by atoms with Gasteiger partial charge in [0, 0.05) is 15.2 Å². The molecule has 2 aromatic rings. The van der Waals surface area contributed by atoms with Crippen LogP contribution in [0.2, 0.25) is 10.0 Å². The zero-order valence-electron chi connectivity index (χ0n) is 9.70. The van der Waals surface area contributed by atoms with Crippen molar-refractivity contribution in [2.75, 3.05) is 5.73 Å². The molecule has 19 heavy (non-hydrogen) atoms. The molecule has 2 nitrogen and oxygen atoms in total. The maximum absolute atomic E-state index is 12.3. The normalized spacial score (nSPS) is 12.4. The Hall–Kier alpha value is -0.550. The van der Waals surface area contributed by atoms with Crippen LogP contribution in [-0.4, -0.2) is 4.21 Å². The van der Waals surface area contributed by atoms with Gasteiger partial charge in [0.2, 0.25) is 0 Å². The summed E-state index contributed by atoms with van der Waals surface area (Å²) in [6.45, 7) is 0. The van der Waals surface area contributed by atoms with Crippen LogP contribution in [0.5, 0.6) is 0 Å². The molecule has 0 aliphatic carbocycles. The molecular formula is C13H10BrCl2NOS. The highest BCUT2D eigenvalue weighted by Gasteiger charge is 2.12. The Morgan fingerprint density at radius 3 is 2.58 bits per heavy atom. The predicted octanol–water partition coefficient (Wildman–Crippen LogP) is 4.65. The number of nitrogens with two attached hydrogens (primary N) is 1. The Balaban J connectivity index is 2.28. The van der Waals surface area contributed by atoms with Gasteiger partial charge in [-0.15, -0.1) is 0 Å². The van der Waals surface area contributed by atoms with Crippen LogP contribution in [-0.2, 0) is 16.6 Å². The van der Waals surface area contributed by atoms with Crippen LogP contribution in [0, 0.1) is 0 Å². The van der Waals surface area contributed by atoms with Crippen molar-refractivity contribution < 1.29 is 4.21 Å². The van der Waals surface area contributed by atoms with Crippen LogP contribution in [0.4, 0.5) is 5.69 Å². The highest BCUT2D eigenvalue weighted by molar-refractivity contribution is 9.10. The number of hydrogen-bond donors (Lipinski definition) is 1. The number of hydrogen-bond acceptors (Lipinski definition) is 2. The number of rotatable bonds is 3. The van der Waals surface area contributed by atoms with Crippen LogP contribution in [0.1, 0.15) is 5.56 Å². The first-order chi connectivity index (χ1) is 8.97.